The van der Waals surface area contributed by atoms with Crippen molar-refractivity contribution in [3.63, 3.8) is 0 Å². The predicted octanol–water partition coefficient (Wildman–Crippen LogP) is 1.70. The molecule has 0 aromatic heterocycles. The van der Waals surface area contributed by atoms with Gasteiger partial charge in [-0.15, -0.1) is 0 Å². The van der Waals surface area contributed by atoms with Gasteiger partial charge in [-0.25, -0.2) is 13.1 Å². The average molecular weight is 257 g/mol. The van der Waals surface area contributed by atoms with Crippen LogP contribution in [0, 0.1) is 6.92 Å². The fraction of sp³-hybridized carbons (Fsp3) is 0.500. The molecule has 0 aliphatic heterocycles. The molecule has 0 bridgehead atoms. The summed E-state index contributed by atoms with van der Waals surface area (Å²) in [6.07, 6.45) is 1.74. The molecule has 0 aliphatic carbocycles. The SMILES string of the molecule is CC[C@H](CNS(C)(=O)=O)Oc1cccc(C)c1. The maximum absolute atomic E-state index is 11.0. The number of sulfonamides is 1. The van der Waals surface area contributed by atoms with Crippen LogP contribution in [0.2, 0.25) is 0 Å². The summed E-state index contributed by atoms with van der Waals surface area (Å²) < 4.78 is 30.2. The molecule has 1 N–H and O–H groups in total. The van der Waals surface area contributed by atoms with Crippen LogP contribution < -0.4 is 9.46 Å². The van der Waals surface area contributed by atoms with Crippen LogP contribution in [-0.4, -0.2) is 27.3 Å². The van der Waals surface area contributed by atoms with E-state index in [2.05, 4.69) is 4.72 Å². The Hall–Kier alpha value is -1.07. The van der Waals surface area contributed by atoms with E-state index in [4.69, 9.17) is 4.74 Å². The van der Waals surface area contributed by atoms with Gasteiger partial charge in [0.15, 0.2) is 0 Å². The maximum Gasteiger partial charge on any atom is 0.208 e. The zero-order valence-corrected chi connectivity index (χ0v) is 11.3. The molecule has 0 spiro atoms. The first-order valence-electron chi connectivity index (χ1n) is 5.58. The van der Waals surface area contributed by atoms with Crippen molar-refractivity contribution in [2.45, 2.75) is 26.4 Å². The van der Waals surface area contributed by atoms with Crippen molar-refractivity contribution in [1.29, 1.82) is 0 Å². The van der Waals surface area contributed by atoms with Crippen LogP contribution in [0.3, 0.4) is 0 Å². The van der Waals surface area contributed by atoms with E-state index in [-0.39, 0.29) is 6.10 Å². The van der Waals surface area contributed by atoms with Crippen LogP contribution in [0.4, 0.5) is 0 Å². The summed E-state index contributed by atoms with van der Waals surface area (Å²) in [5.74, 6) is 0.771. The molecule has 0 radical (unpaired) electrons. The number of rotatable bonds is 6. The van der Waals surface area contributed by atoms with Crippen LogP contribution in [-0.2, 0) is 10.0 Å². The van der Waals surface area contributed by atoms with Crippen LogP contribution >= 0.6 is 0 Å². The minimum Gasteiger partial charge on any atom is -0.489 e. The number of hydrogen-bond acceptors (Lipinski definition) is 3. The van der Waals surface area contributed by atoms with E-state index in [1.54, 1.807) is 0 Å². The minimum absolute atomic E-state index is 0.147. The third kappa shape index (κ3) is 5.70. The van der Waals surface area contributed by atoms with E-state index in [0.717, 1.165) is 24.0 Å². The van der Waals surface area contributed by atoms with E-state index in [1.807, 2.05) is 38.1 Å². The van der Waals surface area contributed by atoms with Crippen molar-refractivity contribution in [1.82, 2.24) is 4.72 Å². The van der Waals surface area contributed by atoms with Gasteiger partial charge in [0, 0.05) is 6.54 Å². The van der Waals surface area contributed by atoms with Crippen molar-refractivity contribution >= 4 is 10.0 Å². The predicted molar refractivity (Wildman–Crippen MR) is 68.7 cm³/mol. The van der Waals surface area contributed by atoms with Gasteiger partial charge in [0.2, 0.25) is 10.0 Å². The summed E-state index contributed by atoms with van der Waals surface area (Å²) in [5, 5.41) is 0. The minimum atomic E-state index is -3.16. The van der Waals surface area contributed by atoms with Gasteiger partial charge in [0.1, 0.15) is 11.9 Å². The third-order valence-electron chi connectivity index (χ3n) is 2.32. The first kappa shape index (κ1) is 14.0. The van der Waals surface area contributed by atoms with Gasteiger partial charge in [0.25, 0.3) is 0 Å². The molecule has 17 heavy (non-hydrogen) atoms. The van der Waals surface area contributed by atoms with Gasteiger partial charge in [-0.05, 0) is 31.0 Å². The fourth-order valence-electron chi connectivity index (χ4n) is 1.39. The van der Waals surface area contributed by atoms with Crippen molar-refractivity contribution in [3.8, 4) is 5.75 Å². The van der Waals surface area contributed by atoms with Crippen LogP contribution in [0.1, 0.15) is 18.9 Å². The van der Waals surface area contributed by atoms with Gasteiger partial charge < -0.3 is 4.74 Å². The highest BCUT2D eigenvalue weighted by Crippen LogP contribution is 2.15. The van der Waals surface area contributed by atoms with Crippen LogP contribution in [0.25, 0.3) is 0 Å². The third-order valence-corrected chi connectivity index (χ3v) is 3.01. The van der Waals surface area contributed by atoms with Gasteiger partial charge in [0.05, 0.1) is 6.26 Å². The second kappa shape index (κ2) is 6.02. The molecule has 0 amide bonds. The zero-order valence-electron chi connectivity index (χ0n) is 10.4. The topological polar surface area (TPSA) is 55.4 Å². The Morgan fingerprint density at radius 3 is 2.65 bits per heavy atom. The summed E-state index contributed by atoms with van der Waals surface area (Å²) in [6, 6.07) is 7.71. The zero-order chi connectivity index (χ0) is 12.9. The number of ether oxygens (including phenoxy) is 1. The Labute approximate surface area is 103 Å². The van der Waals surface area contributed by atoms with E-state index < -0.39 is 10.0 Å². The fourth-order valence-corrected chi connectivity index (χ4v) is 1.88. The molecule has 1 aromatic carbocycles. The standard InChI is InChI=1S/C12H19NO3S/c1-4-11(9-13-17(3,14)15)16-12-7-5-6-10(2)8-12/h5-8,11,13H,4,9H2,1-3H3/t11-/m1/s1. The normalized spacial score (nSPS) is 13.4. The molecule has 5 heteroatoms. The van der Waals surface area contributed by atoms with Crippen LogP contribution in [0.5, 0.6) is 5.75 Å². The second-order valence-corrected chi connectivity index (χ2v) is 5.92. The number of benzene rings is 1. The highest BCUT2D eigenvalue weighted by molar-refractivity contribution is 7.88. The lowest BCUT2D eigenvalue weighted by Gasteiger charge is -2.17. The lowest BCUT2D eigenvalue weighted by molar-refractivity contribution is 0.200. The highest BCUT2D eigenvalue weighted by atomic mass is 32.2. The van der Waals surface area contributed by atoms with Crippen molar-refractivity contribution in [2.75, 3.05) is 12.8 Å². The van der Waals surface area contributed by atoms with Crippen molar-refractivity contribution < 1.29 is 13.2 Å². The van der Waals surface area contributed by atoms with E-state index in [1.165, 1.54) is 0 Å². The molecule has 0 saturated heterocycles. The molecule has 0 fully saturated rings. The van der Waals surface area contributed by atoms with Gasteiger partial charge in [-0.2, -0.15) is 0 Å². The molecule has 1 aromatic rings. The molecular formula is C12H19NO3S. The van der Waals surface area contributed by atoms with Crippen molar-refractivity contribution in [2.24, 2.45) is 0 Å². The Morgan fingerprint density at radius 1 is 1.41 bits per heavy atom. The Bertz CT molecular complexity index is 457. The molecular weight excluding hydrogens is 238 g/mol. The maximum atomic E-state index is 11.0. The quantitative estimate of drug-likeness (QED) is 0.844. The molecule has 96 valence electrons. The Kier molecular flexibility index (Phi) is 4.96. The molecule has 0 aliphatic rings. The summed E-state index contributed by atoms with van der Waals surface area (Å²) in [4.78, 5) is 0. The summed E-state index contributed by atoms with van der Waals surface area (Å²) in [7, 11) is -3.16. The second-order valence-electron chi connectivity index (χ2n) is 4.09. The summed E-state index contributed by atoms with van der Waals surface area (Å²) >= 11 is 0. The molecule has 0 saturated carbocycles. The first-order chi connectivity index (χ1) is 7.90. The largest absolute Gasteiger partial charge is 0.489 e. The van der Waals surface area contributed by atoms with Gasteiger partial charge in [-0.1, -0.05) is 19.1 Å². The first-order valence-corrected chi connectivity index (χ1v) is 7.48. The van der Waals surface area contributed by atoms with E-state index in [0.29, 0.717) is 6.54 Å². The van der Waals surface area contributed by atoms with E-state index >= 15 is 0 Å². The number of nitrogens with one attached hydrogen (secondary N) is 1. The Balaban J connectivity index is 2.58. The smallest absolute Gasteiger partial charge is 0.208 e. The number of aryl methyl sites for hydroxylation is 1. The van der Waals surface area contributed by atoms with Crippen LogP contribution in [0.15, 0.2) is 24.3 Å². The average Bonchev–Trinajstić information content (AvgIpc) is 2.23. The monoisotopic (exact) mass is 257 g/mol. The van der Waals surface area contributed by atoms with Gasteiger partial charge >= 0.3 is 0 Å². The molecule has 0 unspecified atom stereocenters. The lowest BCUT2D eigenvalue weighted by Crippen LogP contribution is -2.34. The summed E-state index contributed by atoms with van der Waals surface area (Å²) in [5.41, 5.74) is 1.12. The van der Waals surface area contributed by atoms with Gasteiger partial charge in [-0.3, -0.25) is 0 Å². The number of hydrogen-bond donors (Lipinski definition) is 1. The van der Waals surface area contributed by atoms with Crippen molar-refractivity contribution in [3.05, 3.63) is 29.8 Å². The Morgan fingerprint density at radius 2 is 2.12 bits per heavy atom. The summed E-state index contributed by atoms with van der Waals surface area (Å²) in [6.45, 7) is 4.25. The molecule has 4 nitrogen and oxygen atoms in total. The molecule has 1 atom stereocenters. The highest BCUT2D eigenvalue weighted by Gasteiger charge is 2.11. The molecule has 1 rings (SSSR count). The molecule has 0 heterocycles. The van der Waals surface area contributed by atoms with E-state index in [9.17, 15) is 8.42 Å². The lowest BCUT2D eigenvalue weighted by atomic mass is 10.2.